The molecule has 59 heavy (non-hydrogen) atoms. The number of carboxylic acids is 2. The average Bonchev–Trinajstić information content (AvgIpc) is 3.13. The van der Waals surface area contributed by atoms with Crippen LogP contribution >= 0.6 is 46.4 Å². The van der Waals surface area contributed by atoms with E-state index in [0.717, 1.165) is 37.1 Å². The molecule has 1 amide bonds. The van der Waals surface area contributed by atoms with Crippen molar-refractivity contribution in [1.29, 1.82) is 0 Å². The smallest absolute Gasteiger partial charge is 0.416 e. The number of rotatable bonds is 17. The van der Waals surface area contributed by atoms with E-state index in [2.05, 4.69) is 16.0 Å². The summed E-state index contributed by atoms with van der Waals surface area (Å²) in [4.78, 5) is 33.3. The van der Waals surface area contributed by atoms with Crippen molar-refractivity contribution >= 4 is 75.6 Å². The average molecular weight is 916 g/mol. The summed E-state index contributed by atoms with van der Waals surface area (Å²) in [7, 11) is 0. The molecule has 0 aliphatic carbocycles. The van der Waals surface area contributed by atoms with Gasteiger partial charge in [0.15, 0.2) is 11.5 Å². The molecular formula is C39H37Cl4F6N3O7. The zero-order chi connectivity index (χ0) is 44.1. The first-order valence-electron chi connectivity index (χ1n) is 17.5. The Morgan fingerprint density at radius 1 is 0.593 bits per heavy atom. The molecule has 0 fully saturated rings. The first-order valence-corrected chi connectivity index (χ1v) is 19.0. The van der Waals surface area contributed by atoms with Crippen LogP contribution in [0.1, 0.15) is 64.9 Å². The number of anilines is 2. The Bertz CT molecular complexity index is 2070. The summed E-state index contributed by atoms with van der Waals surface area (Å²) in [6.07, 6.45) is -7.79. The van der Waals surface area contributed by atoms with Gasteiger partial charge in [-0.15, -0.1) is 0 Å². The van der Waals surface area contributed by atoms with Gasteiger partial charge < -0.3 is 35.6 Å². The lowest BCUT2D eigenvalue weighted by molar-refractivity contribution is -0.138. The van der Waals surface area contributed by atoms with Gasteiger partial charge >= 0.3 is 24.3 Å². The SMILES string of the molecule is CCCNc1cc(COc2c(Cl)cc(C(=O)NCC(=O)O)cc2Cl)cc(C(F)(F)F)c1.CCCNc1cc(COc2c(Cl)cc(CC(=O)O)cc2Cl)cc(C(F)(F)F)c1. The van der Waals surface area contributed by atoms with E-state index in [1.807, 2.05) is 13.8 Å². The highest BCUT2D eigenvalue weighted by Crippen LogP contribution is 2.38. The highest BCUT2D eigenvalue weighted by Gasteiger charge is 2.32. The van der Waals surface area contributed by atoms with Crippen LogP contribution in [0, 0.1) is 0 Å². The Morgan fingerprint density at radius 3 is 1.36 bits per heavy atom. The summed E-state index contributed by atoms with van der Waals surface area (Å²) in [6.45, 7) is 3.80. The van der Waals surface area contributed by atoms with Gasteiger partial charge in [-0.3, -0.25) is 14.4 Å². The van der Waals surface area contributed by atoms with Crippen molar-refractivity contribution in [1.82, 2.24) is 5.32 Å². The van der Waals surface area contributed by atoms with Crippen molar-refractivity contribution < 1.29 is 60.4 Å². The second-order valence-electron chi connectivity index (χ2n) is 12.6. The summed E-state index contributed by atoms with van der Waals surface area (Å²) in [6, 6.07) is 12.4. The molecule has 10 nitrogen and oxygen atoms in total. The molecule has 0 aliphatic rings. The Hall–Kier alpha value is -4.77. The standard InChI is InChI=1S/C20H19Cl2F3N2O4.C19H18Cl2F3NO3/c1-2-3-26-14-5-11(4-13(8-14)20(23,24)25)10-31-18-15(21)6-12(7-16(18)22)19(30)27-9-17(28)29;1-2-3-25-14-5-12(4-13(9-14)19(22,23)24)10-28-18-15(20)6-11(7-16(18)21)8-17(26)27/h4-8,26H,2-3,9-10H2,1H3,(H,27,30)(H,28,29);4-7,9,25H,2-3,8,10H2,1H3,(H,26,27). The van der Waals surface area contributed by atoms with E-state index >= 15 is 0 Å². The molecule has 320 valence electrons. The van der Waals surface area contributed by atoms with Crippen LogP contribution in [-0.2, 0) is 41.6 Å². The minimum absolute atomic E-state index is 0.00807. The summed E-state index contributed by atoms with van der Waals surface area (Å²) in [5.74, 6) is -2.91. The Kier molecular flexibility index (Phi) is 18.1. The van der Waals surface area contributed by atoms with Gasteiger partial charge in [0, 0.05) is 30.0 Å². The lowest BCUT2D eigenvalue weighted by atomic mass is 10.1. The number of amides is 1. The number of halogens is 10. The third-order valence-corrected chi connectivity index (χ3v) is 8.76. The highest BCUT2D eigenvalue weighted by molar-refractivity contribution is 6.38. The van der Waals surface area contributed by atoms with E-state index in [0.29, 0.717) is 30.0 Å². The van der Waals surface area contributed by atoms with Crippen LogP contribution in [0.4, 0.5) is 37.7 Å². The van der Waals surface area contributed by atoms with Gasteiger partial charge in [0.1, 0.15) is 19.8 Å². The molecule has 0 aliphatic heterocycles. The first-order chi connectivity index (χ1) is 27.6. The topological polar surface area (TPSA) is 146 Å². The maximum Gasteiger partial charge on any atom is 0.416 e. The number of hydrogen-bond donors (Lipinski definition) is 5. The van der Waals surface area contributed by atoms with E-state index in [9.17, 15) is 40.7 Å². The molecule has 0 bridgehead atoms. The van der Waals surface area contributed by atoms with Crippen LogP contribution in [-0.4, -0.2) is 47.7 Å². The van der Waals surface area contributed by atoms with Gasteiger partial charge in [-0.25, -0.2) is 0 Å². The number of nitrogens with one attached hydrogen (secondary N) is 3. The number of hydrogen-bond acceptors (Lipinski definition) is 7. The van der Waals surface area contributed by atoms with Gasteiger partial charge in [0.05, 0.1) is 37.6 Å². The number of alkyl halides is 6. The molecule has 4 aromatic carbocycles. The van der Waals surface area contributed by atoms with Crippen molar-refractivity contribution in [2.24, 2.45) is 0 Å². The molecule has 0 aromatic heterocycles. The third kappa shape index (κ3) is 15.7. The Labute approximate surface area is 354 Å². The second kappa shape index (κ2) is 22.0. The number of carbonyl (C=O) groups excluding carboxylic acids is 1. The van der Waals surface area contributed by atoms with Crippen LogP contribution in [0.2, 0.25) is 20.1 Å². The monoisotopic (exact) mass is 913 g/mol. The predicted octanol–water partition coefficient (Wildman–Crippen LogP) is 11.3. The van der Waals surface area contributed by atoms with Crippen LogP contribution in [0.3, 0.4) is 0 Å². The van der Waals surface area contributed by atoms with Gasteiger partial charge in [-0.05, 0) is 90.2 Å². The molecule has 4 rings (SSSR count). The van der Waals surface area contributed by atoms with Crippen molar-refractivity contribution in [3.63, 3.8) is 0 Å². The predicted molar refractivity (Wildman–Crippen MR) is 213 cm³/mol. The molecule has 0 atom stereocenters. The molecule has 0 unspecified atom stereocenters. The fourth-order valence-electron chi connectivity index (χ4n) is 5.05. The molecule has 4 aromatic rings. The summed E-state index contributed by atoms with van der Waals surface area (Å²) in [5.41, 5.74) is -0.0500. The summed E-state index contributed by atoms with van der Waals surface area (Å²) < 4.78 is 90.1. The number of ether oxygens (including phenoxy) is 2. The van der Waals surface area contributed by atoms with Crippen LogP contribution in [0.5, 0.6) is 11.5 Å². The van der Waals surface area contributed by atoms with E-state index in [1.54, 1.807) is 6.07 Å². The normalized spacial score (nSPS) is 11.3. The summed E-state index contributed by atoms with van der Waals surface area (Å²) >= 11 is 24.4. The van der Waals surface area contributed by atoms with Gasteiger partial charge in [0.2, 0.25) is 0 Å². The lowest BCUT2D eigenvalue weighted by Crippen LogP contribution is -2.29. The molecular weight excluding hydrogens is 878 g/mol. The fraction of sp³-hybridized carbons (Fsp3) is 0.308. The third-order valence-electron chi connectivity index (χ3n) is 7.64. The summed E-state index contributed by atoms with van der Waals surface area (Å²) in [5, 5.41) is 25.5. The van der Waals surface area contributed by atoms with Gasteiger partial charge in [0.25, 0.3) is 5.91 Å². The number of aliphatic carboxylic acids is 2. The molecule has 0 saturated carbocycles. The van der Waals surface area contributed by atoms with E-state index < -0.39 is 47.9 Å². The van der Waals surface area contributed by atoms with Crippen molar-refractivity contribution in [2.75, 3.05) is 30.3 Å². The van der Waals surface area contributed by atoms with E-state index in [1.165, 1.54) is 30.3 Å². The minimum atomic E-state index is -4.53. The molecule has 0 radical (unpaired) electrons. The van der Waals surface area contributed by atoms with Crippen LogP contribution in [0.15, 0.2) is 60.7 Å². The van der Waals surface area contributed by atoms with Gasteiger partial charge in [-0.2, -0.15) is 26.3 Å². The number of benzene rings is 4. The second-order valence-corrected chi connectivity index (χ2v) is 14.2. The Morgan fingerprint density at radius 2 is 1.00 bits per heavy atom. The van der Waals surface area contributed by atoms with E-state index in [4.69, 9.17) is 66.1 Å². The highest BCUT2D eigenvalue weighted by atomic mass is 35.5. The van der Waals surface area contributed by atoms with Gasteiger partial charge in [-0.1, -0.05) is 60.3 Å². The molecule has 20 heteroatoms. The maximum absolute atomic E-state index is 13.2. The molecule has 5 N–H and O–H groups in total. The Balaban J connectivity index is 0.000000317. The quantitative estimate of drug-likeness (QED) is 0.0653. The largest absolute Gasteiger partial charge is 0.486 e. The molecule has 0 saturated heterocycles. The maximum atomic E-state index is 13.2. The number of carboxylic acid groups (broad SMARTS) is 2. The lowest BCUT2D eigenvalue weighted by Gasteiger charge is -2.15. The van der Waals surface area contributed by atoms with Crippen LogP contribution < -0.4 is 25.4 Å². The molecule has 0 heterocycles. The zero-order valence-electron chi connectivity index (χ0n) is 31.1. The van der Waals surface area contributed by atoms with E-state index in [-0.39, 0.29) is 67.9 Å². The van der Waals surface area contributed by atoms with Crippen LogP contribution in [0.25, 0.3) is 0 Å². The van der Waals surface area contributed by atoms with Crippen molar-refractivity contribution in [3.8, 4) is 11.5 Å². The minimum Gasteiger partial charge on any atom is -0.486 e. The number of carbonyl (C=O) groups is 3. The molecule has 0 spiro atoms. The van der Waals surface area contributed by atoms with Crippen molar-refractivity contribution in [3.05, 3.63) is 114 Å². The zero-order valence-corrected chi connectivity index (χ0v) is 34.2. The fourth-order valence-corrected chi connectivity index (χ4v) is 6.28. The van der Waals surface area contributed by atoms with Crippen molar-refractivity contribution in [2.45, 2.75) is 58.7 Å². The first kappa shape index (κ1) is 48.6.